The smallest absolute Gasteiger partial charge is 0.312 e. The largest absolute Gasteiger partial charge is 0.493 e. The Kier molecular flexibility index (Phi) is 4.43. The molecule has 0 saturated carbocycles. The molecule has 0 bridgehead atoms. The zero-order chi connectivity index (χ0) is 13.0. The van der Waals surface area contributed by atoms with E-state index in [2.05, 4.69) is 38.7 Å². The van der Waals surface area contributed by atoms with Crippen LogP contribution in [-0.4, -0.2) is 25.7 Å². The van der Waals surface area contributed by atoms with Gasteiger partial charge < -0.3 is 21.1 Å². The summed E-state index contributed by atoms with van der Waals surface area (Å²) in [6, 6.07) is 3.66. The summed E-state index contributed by atoms with van der Waals surface area (Å²) in [6.07, 6.45) is 0.963. The van der Waals surface area contributed by atoms with Gasteiger partial charge in [0.2, 0.25) is 0 Å². The van der Waals surface area contributed by atoms with Crippen molar-refractivity contribution in [2.45, 2.75) is 13.0 Å². The number of amides is 2. The highest BCUT2D eigenvalue weighted by molar-refractivity contribution is 9.10. The van der Waals surface area contributed by atoms with E-state index in [1.165, 1.54) is 5.56 Å². The highest BCUT2D eigenvalue weighted by atomic mass is 79.9. The van der Waals surface area contributed by atoms with Crippen LogP contribution in [0.1, 0.15) is 11.1 Å². The summed E-state index contributed by atoms with van der Waals surface area (Å²) >= 11 is 3.50. The lowest BCUT2D eigenvalue weighted by molar-refractivity contribution is 0.249. The second-order valence-corrected chi connectivity index (χ2v) is 5.04. The molecule has 6 heteroatoms. The predicted octanol–water partition coefficient (Wildman–Crippen LogP) is 1.14. The molecular formula is C12H16BrN3O2. The highest BCUT2D eigenvalue weighted by Crippen LogP contribution is 2.32. The van der Waals surface area contributed by atoms with Gasteiger partial charge in [0, 0.05) is 36.1 Å². The first-order valence-electron chi connectivity index (χ1n) is 5.85. The molecule has 0 atom stereocenters. The molecule has 1 aliphatic rings. The Morgan fingerprint density at radius 1 is 1.44 bits per heavy atom. The highest BCUT2D eigenvalue weighted by Gasteiger charge is 2.16. The Balaban J connectivity index is 1.88. The molecule has 0 saturated heterocycles. The van der Waals surface area contributed by atoms with Crippen LogP contribution in [-0.2, 0) is 13.0 Å². The molecule has 0 fully saturated rings. The Morgan fingerprint density at radius 2 is 2.28 bits per heavy atom. The maximum Gasteiger partial charge on any atom is 0.312 e. The van der Waals surface area contributed by atoms with Gasteiger partial charge >= 0.3 is 6.03 Å². The van der Waals surface area contributed by atoms with E-state index in [0.717, 1.165) is 28.8 Å². The van der Waals surface area contributed by atoms with E-state index >= 15 is 0 Å². The van der Waals surface area contributed by atoms with Gasteiger partial charge in [-0.05, 0) is 17.7 Å². The normalized spacial score (nSPS) is 12.9. The van der Waals surface area contributed by atoms with Crippen LogP contribution in [0.2, 0.25) is 0 Å². The molecule has 0 spiro atoms. The van der Waals surface area contributed by atoms with Crippen LogP contribution < -0.4 is 21.1 Å². The second kappa shape index (κ2) is 6.06. The summed E-state index contributed by atoms with van der Waals surface area (Å²) in [5, 5.41) is 5.77. The van der Waals surface area contributed by atoms with E-state index in [4.69, 9.17) is 10.5 Å². The molecule has 0 unspecified atom stereocenters. The van der Waals surface area contributed by atoms with Crippen molar-refractivity contribution in [1.82, 2.24) is 10.6 Å². The van der Waals surface area contributed by atoms with Gasteiger partial charge in [0.15, 0.2) is 0 Å². The first-order chi connectivity index (χ1) is 8.66. The van der Waals surface area contributed by atoms with E-state index in [1.54, 1.807) is 0 Å². The molecule has 4 N–H and O–H groups in total. The van der Waals surface area contributed by atoms with Crippen LogP contribution >= 0.6 is 15.9 Å². The Bertz CT molecular complexity index is 451. The lowest BCUT2D eigenvalue weighted by Crippen LogP contribution is -2.35. The van der Waals surface area contributed by atoms with Crippen molar-refractivity contribution in [3.8, 4) is 5.75 Å². The zero-order valence-corrected chi connectivity index (χ0v) is 11.5. The first kappa shape index (κ1) is 13.2. The minimum absolute atomic E-state index is 0.497. The molecule has 1 aromatic carbocycles. The van der Waals surface area contributed by atoms with Crippen LogP contribution in [0.25, 0.3) is 0 Å². The number of carbonyl (C=O) groups excluding carboxylic acids is 1. The summed E-state index contributed by atoms with van der Waals surface area (Å²) in [7, 11) is 0. The second-order valence-electron chi connectivity index (χ2n) is 4.12. The van der Waals surface area contributed by atoms with Crippen LogP contribution in [0.3, 0.4) is 0 Å². The Labute approximate surface area is 114 Å². The van der Waals surface area contributed by atoms with Gasteiger partial charge in [-0.2, -0.15) is 0 Å². The van der Waals surface area contributed by atoms with Crippen LogP contribution in [0.5, 0.6) is 5.75 Å². The maximum absolute atomic E-state index is 10.5. The fraction of sp³-hybridized carbons (Fsp3) is 0.417. The number of ether oxygens (including phenoxy) is 1. The number of urea groups is 1. The molecule has 0 radical (unpaired) electrons. The van der Waals surface area contributed by atoms with E-state index in [0.29, 0.717) is 19.6 Å². The Morgan fingerprint density at radius 3 is 3.06 bits per heavy atom. The number of hydrogen-bond acceptors (Lipinski definition) is 3. The average molecular weight is 314 g/mol. The molecule has 1 heterocycles. The summed E-state index contributed by atoms with van der Waals surface area (Å²) < 4.78 is 6.70. The molecule has 5 nitrogen and oxygen atoms in total. The van der Waals surface area contributed by atoms with Gasteiger partial charge in [-0.25, -0.2) is 4.79 Å². The van der Waals surface area contributed by atoms with Gasteiger partial charge in [0.1, 0.15) is 5.75 Å². The van der Waals surface area contributed by atoms with Crippen LogP contribution in [0.4, 0.5) is 4.79 Å². The molecule has 0 aromatic heterocycles. The molecule has 1 aromatic rings. The third-order valence-corrected chi connectivity index (χ3v) is 3.20. The van der Waals surface area contributed by atoms with E-state index in [9.17, 15) is 4.79 Å². The van der Waals surface area contributed by atoms with Crippen molar-refractivity contribution >= 4 is 22.0 Å². The third-order valence-electron chi connectivity index (χ3n) is 2.74. The zero-order valence-electron chi connectivity index (χ0n) is 9.96. The number of nitrogens with two attached hydrogens (primary N) is 1. The number of fused-ring (bicyclic) bond motifs is 1. The summed E-state index contributed by atoms with van der Waals surface area (Å²) in [5.41, 5.74) is 7.36. The van der Waals surface area contributed by atoms with Gasteiger partial charge in [-0.3, -0.25) is 0 Å². The van der Waals surface area contributed by atoms with Gasteiger partial charge in [0.25, 0.3) is 0 Å². The van der Waals surface area contributed by atoms with Crippen molar-refractivity contribution in [2.75, 3.05) is 19.7 Å². The Hall–Kier alpha value is -1.27. The number of primary amides is 1. The molecule has 1 aliphatic heterocycles. The van der Waals surface area contributed by atoms with Crippen molar-refractivity contribution in [3.63, 3.8) is 0 Å². The number of halogens is 1. The van der Waals surface area contributed by atoms with E-state index in [1.807, 2.05) is 0 Å². The first-order valence-corrected chi connectivity index (χ1v) is 6.64. The number of nitrogens with one attached hydrogen (secondary N) is 2. The number of rotatable bonds is 5. The molecule has 18 heavy (non-hydrogen) atoms. The third kappa shape index (κ3) is 3.36. The van der Waals surface area contributed by atoms with Crippen molar-refractivity contribution in [2.24, 2.45) is 5.73 Å². The standard InChI is InChI=1S/C12H16BrN3O2/c13-10-5-8-1-4-18-11(8)9(6-10)7-15-2-3-16-12(14)17/h5-6,15H,1-4,7H2,(H3,14,16,17). The van der Waals surface area contributed by atoms with E-state index < -0.39 is 6.03 Å². The van der Waals surface area contributed by atoms with E-state index in [-0.39, 0.29) is 0 Å². The number of benzene rings is 1. The topological polar surface area (TPSA) is 76.4 Å². The fourth-order valence-corrected chi connectivity index (χ4v) is 2.53. The minimum Gasteiger partial charge on any atom is -0.493 e. The molecule has 2 amide bonds. The fourth-order valence-electron chi connectivity index (χ4n) is 1.97. The summed E-state index contributed by atoms with van der Waals surface area (Å²) in [4.78, 5) is 10.5. The summed E-state index contributed by atoms with van der Waals surface area (Å²) in [5.74, 6) is 0.994. The molecular weight excluding hydrogens is 298 g/mol. The lowest BCUT2D eigenvalue weighted by atomic mass is 10.1. The van der Waals surface area contributed by atoms with Crippen molar-refractivity contribution in [1.29, 1.82) is 0 Å². The van der Waals surface area contributed by atoms with Gasteiger partial charge in [0.05, 0.1) is 6.61 Å². The number of carbonyl (C=O) groups is 1. The summed E-state index contributed by atoms with van der Waals surface area (Å²) in [6.45, 7) is 2.65. The van der Waals surface area contributed by atoms with Crippen molar-refractivity contribution < 1.29 is 9.53 Å². The lowest BCUT2D eigenvalue weighted by Gasteiger charge is -2.10. The van der Waals surface area contributed by atoms with Crippen LogP contribution in [0.15, 0.2) is 16.6 Å². The van der Waals surface area contributed by atoms with Crippen molar-refractivity contribution in [3.05, 3.63) is 27.7 Å². The predicted molar refractivity (Wildman–Crippen MR) is 72.6 cm³/mol. The minimum atomic E-state index is -0.497. The maximum atomic E-state index is 10.5. The molecule has 0 aliphatic carbocycles. The van der Waals surface area contributed by atoms with Gasteiger partial charge in [-0.1, -0.05) is 15.9 Å². The SMILES string of the molecule is NC(=O)NCCNCc1cc(Br)cc2c1OCC2. The quantitative estimate of drug-likeness (QED) is 0.714. The number of hydrogen-bond donors (Lipinski definition) is 3. The average Bonchev–Trinajstić information content (AvgIpc) is 2.75. The van der Waals surface area contributed by atoms with Gasteiger partial charge in [-0.15, -0.1) is 0 Å². The molecule has 2 rings (SSSR count). The van der Waals surface area contributed by atoms with Crippen LogP contribution in [0, 0.1) is 0 Å². The molecule has 98 valence electrons. The monoisotopic (exact) mass is 313 g/mol.